The van der Waals surface area contributed by atoms with Crippen molar-refractivity contribution in [3.8, 4) is 0 Å². The van der Waals surface area contributed by atoms with Gasteiger partial charge in [-0.2, -0.15) is 0 Å². The normalized spacial score (nSPS) is 13.0. The number of carbonyl (C=O) groups excluding carboxylic acids is 1. The van der Waals surface area contributed by atoms with Gasteiger partial charge in [0.05, 0.1) is 27.1 Å². The maximum Gasteiger partial charge on any atom is 0.262 e. The Hall–Kier alpha value is -1.77. The molecule has 4 heterocycles. The molecule has 5 nitrogen and oxygen atoms in total. The molecule has 8 heteroatoms. The Morgan fingerprint density at radius 2 is 2.23 bits per heavy atom. The minimum Gasteiger partial charge on any atom is -0.343 e. The standard InChI is InChI=1S/C14H12N4OS3/c1-7(9-6-21-8(2)16-9)15-12(19)11-5-10-13(22-11)17-14-18(10)3-4-20-14/h3-7H,1-2H3,(H,15,19)/t7-/m0/s1. The van der Waals surface area contributed by atoms with Gasteiger partial charge in [-0.1, -0.05) is 0 Å². The SMILES string of the molecule is Cc1nc([C@H](C)NC(=O)c2cc3c(nc4sccn43)s2)cs1. The molecule has 1 N–H and O–H groups in total. The third-order valence-electron chi connectivity index (χ3n) is 3.39. The molecular formula is C14H12N4OS3. The van der Waals surface area contributed by atoms with Crippen LogP contribution in [-0.4, -0.2) is 20.3 Å². The minimum absolute atomic E-state index is 0.0786. The predicted octanol–water partition coefficient (Wildman–Crippen LogP) is 3.87. The number of imidazole rings is 1. The van der Waals surface area contributed by atoms with E-state index in [9.17, 15) is 4.79 Å². The third kappa shape index (κ3) is 2.23. The largest absolute Gasteiger partial charge is 0.343 e. The van der Waals surface area contributed by atoms with Gasteiger partial charge in [0, 0.05) is 17.0 Å². The summed E-state index contributed by atoms with van der Waals surface area (Å²) in [4.78, 5) is 23.9. The van der Waals surface area contributed by atoms with Crippen LogP contribution in [0.1, 0.15) is 33.3 Å². The highest BCUT2D eigenvalue weighted by atomic mass is 32.1. The first kappa shape index (κ1) is 13.9. The lowest BCUT2D eigenvalue weighted by Crippen LogP contribution is -2.26. The van der Waals surface area contributed by atoms with Gasteiger partial charge in [-0.25, -0.2) is 9.97 Å². The minimum atomic E-state index is -0.101. The highest BCUT2D eigenvalue weighted by Gasteiger charge is 2.18. The van der Waals surface area contributed by atoms with Gasteiger partial charge in [0.25, 0.3) is 5.91 Å². The van der Waals surface area contributed by atoms with E-state index in [1.54, 1.807) is 22.7 Å². The second-order valence-electron chi connectivity index (χ2n) is 4.95. The van der Waals surface area contributed by atoms with Crippen LogP contribution >= 0.6 is 34.0 Å². The van der Waals surface area contributed by atoms with Crippen LogP contribution in [-0.2, 0) is 0 Å². The van der Waals surface area contributed by atoms with Crippen molar-refractivity contribution in [2.24, 2.45) is 0 Å². The molecule has 22 heavy (non-hydrogen) atoms. The van der Waals surface area contributed by atoms with Gasteiger partial charge in [0.2, 0.25) is 0 Å². The molecule has 0 spiro atoms. The Labute approximate surface area is 138 Å². The van der Waals surface area contributed by atoms with Crippen molar-refractivity contribution in [2.75, 3.05) is 0 Å². The number of hydrogen-bond acceptors (Lipinski definition) is 6. The van der Waals surface area contributed by atoms with Crippen LogP contribution in [0.2, 0.25) is 0 Å². The molecule has 0 saturated carbocycles. The molecule has 0 bridgehead atoms. The van der Waals surface area contributed by atoms with E-state index in [4.69, 9.17) is 0 Å². The summed E-state index contributed by atoms with van der Waals surface area (Å²) in [6.07, 6.45) is 1.98. The van der Waals surface area contributed by atoms with Crippen molar-refractivity contribution in [1.29, 1.82) is 0 Å². The van der Waals surface area contributed by atoms with Crippen molar-refractivity contribution in [2.45, 2.75) is 19.9 Å². The molecule has 4 aromatic heterocycles. The zero-order chi connectivity index (χ0) is 15.3. The zero-order valence-corrected chi connectivity index (χ0v) is 14.3. The molecule has 4 rings (SSSR count). The van der Waals surface area contributed by atoms with Gasteiger partial charge < -0.3 is 5.32 Å². The lowest BCUT2D eigenvalue weighted by atomic mass is 10.2. The quantitative estimate of drug-likeness (QED) is 0.611. The van der Waals surface area contributed by atoms with Crippen molar-refractivity contribution in [1.82, 2.24) is 19.7 Å². The second-order valence-corrected chi connectivity index (χ2v) is 7.92. The van der Waals surface area contributed by atoms with Gasteiger partial charge in [-0.3, -0.25) is 9.20 Å². The third-order valence-corrected chi connectivity index (χ3v) is 5.96. The van der Waals surface area contributed by atoms with Crippen LogP contribution in [0.5, 0.6) is 0 Å². The van der Waals surface area contributed by atoms with Crippen molar-refractivity contribution < 1.29 is 4.79 Å². The molecule has 0 aliphatic carbocycles. The first-order chi connectivity index (χ1) is 10.6. The summed E-state index contributed by atoms with van der Waals surface area (Å²) in [6.45, 7) is 3.91. The average Bonchev–Trinajstić information content (AvgIpc) is 3.18. The Morgan fingerprint density at radius 1 is 1.36 bits per heavy atom. The summed E-state index contributed by atoms with van der Waals surface area (Å²) < 4.78 is 2.01. The van der Waals surface area contributed by atoms with Crippen molar-refractivity contribution >= 4 is 55.2 Å². The Kier molecular flexibility index (Phi) is 3.24. The molecule has 1 atom stereocenters. The molecule has 0 aliphatic rings. The van der Waals surface area contributed by atoms with Crippen molar-refractivity contribution in [3.05, 3.63) is 38.6 Å². The number of thiophene rings is 1. The van der Waals surface area contributed by atoms with Crippen molar-refractivity contribution in [3.63, 3.8) is 0 Å². The topological polar surface area (TPSA) is 59.3 Å². The number of hydrogen-bond donors (Lipinski definition) is 1. The highest BCUT2D eigenvalue weighted by Crippen LogP contribution is 2.28. The summed E-state index contributed by atoms with van der Waals surface area (Å²) in [5.74, 6) is -0.0786. The maximum atomic E-state index is 12.4. The summed E-state index contributed by atoms with van der Waals surface area (Å²) in [7, 11) is 0. The summed E-state index contributed by atoms with van der Waals surface area (Å²) in [5.41, 5.74) is 1.89. The molecule has 1 amide bonds. The van der Waals surface area contributed by atoms with Crippen LogP contribution in [0.3, 0.4) is 0 Å². The number of fused-ring (bicyclic) bond motifs is 3. The number of nitrogens with zero attached hydrogens (tertiary/aromatic N) is 3. The van der Waals surface area contributed by atoms with Gasteiger partial charge >= 0.3 is 0 Å². The Balaban J connectivity index is 1.60. The van der Waals surface area contributed by atoms with E-state index < -0.39 is 0 Å². The molecule has 0 aromatic carbocycles. The molecule has 0 saturated heterocycles. The lowest BCUT2D eigenvalue weighted by Gasteiger charge is -2.10. The monoisotopic (exact) mass is 348 g/mol. The smallest absolute Gasteiger partial charge is 0.262 e. The fraction of sp³-hybridized carbons (Fsp3) is 0.214. The zero-order valence-electron chi connectivity index (χ0n) is 11.9. The van der Waals surface area contributed by atoms with Gasteiger partial charge in [-0.15, -0.1) is 34.0 Å². The van der Waals surface area contributed by atoms with Crippen LogP contribution in [0.15, 0.2) is 23.0 Å². The first-order valence-corrected chi connectivity index (χ1v) is 9.27. The lowest BCUT2D eigenvalue weighted by molar-refractivity contribution is 0.0943. The molecule has 112 valence electrons. The van der Waals surface area contributed by atoms with Crippen LogP contribution in [0.25, 0.3) is 15.3 Å². The van der Waals surface area contributed by atoms with E-state index in [-0.39, 0.29) is 11.9 Å². The Morgan fingerprint density at radius 3 is 3.00 bits per heavy atom. The van der Waals surface area contributed by atoms with Crippen LogP contribution in [0, 0.1) is 6.92 Å². The molecule has 0 unspecified atom stereocenters. The van der Waals surface area contributed by atoms with E-state index in [2.05, 4.69) is 15.3 Å². The fourth-order valence-corrected chi connectivity index (χ4v) is 4.69. The molecule has 4 aromatic rings. The number of thiazole rings is 2. The van der Waals surface area contributed by atoms with Gasteiger partial charge in [-0.05, 0) is 19.9 Å². The first-order valence-electron chi connectivity index (χ1n) is 6.70. The average molecular weight is 348 g/mol. The van der Waals surface area contributed by atoms with Gasteiger partial charge in [0.15, 0.2) is 4.96 Å². The van der Waals surface area contributed by atoms with Crippen LogP contribution in [0.4, 0.5) is 0 Å². The maximum absolute atomic E-state index is 12.4. The van der Waals surface area contributed by atoms with E-state index in [1.807, 2.05) is 41.3 Å². The van der Waals surface area contributed by atoms with E-state index in [0.29, 0.717) is 4.88 Å². The Bertz CT molecular complexity index is 977. The molecule has 0 radical (unpaired) electrons. The summed E-state index contributed by atoms with van der Waals surface area (Å²) in [6, 6.07) is 1.80. The second kappa shape index (κ2) is 5.15. The fourth-order valence-electron chi connectivity index (χ4n) is 2.28. The highest BCUT2D eigenvalue weighted by molar-refractivity contribution is 7.21. The number of aryl methyl sites for hydroxylation is 1. The van der Waals surface area contributed by atoms with E-state index in [0.717, 1.165) is 26.0 Å². The summed E-state index contributed by atoms with van der Waals surface area (Å²) in [5, 5.41) is 7.98. The summed E-state index contributed by atoms with van der Waals surface area (Å²) >= 11 is 4.61. The number of amides is 1. The van der Waals surface area contributed by atoms with Gasteiger partial charge in [0.1, 0.15) is 4.83 Å². The molecule has 0 aliphatic heterocycles. The number of rotatable bonds is 3. The number of aromatic nitrogens is 3. The van der Waals surface area contributed by atoms with E-state index in [1.165, 1.54) is 11.3 Å². The van der Waals surface area contributed by atoms with E-state index >= 15 is 0 Å². The molecular weight excluding hydrogens is 336 g/mol. The number of nitrogens with one attached hydrogen (secondary N) is 1. The molecule has 0 fully saturated rings. The predicted molar refractivity (Wildman–Crippen MR) is 91.2 cm³/mol. The van der Waals surface area contributed by atoms with Crippen LogP contribution < -0.4 is 5.32 Å². The number of carbonyl (C=O) groups is 1.